The molecule has 28 heavy (non-hydrogen) atoms. The van der Waals surface area contributed by atoms with Crippen LogP contribution in [-0.2, 0) is 5.75 Å². The van der Waals surface area contributed by atoms with E-state index in [9.17, 15) is 4.79 Å². The highest BCUT2D eigenvalue weighted by Gasteiger charge is 2.18. The number of thioether (sulfide) groups is 1. The molecule has 0 aliphatic heterocycles. The fraction of sp³-hybridized carbons (Fsp3) is 0.182. The van der Waals surface area contributed by atoms with Crippen molar-refractivity contribution in [2.45, 2.75) is 24.8 Å². The van der Waals surface area contributed by atoms with E-state index in [1.165, 1.54) is 0 Å². The third-order valence-electron chi connectivity index (χ3n) is 4.71. The van der Waals surface area contributed by atoms with Gasteiger partial charge in [-0.3, -0.25) is 9.36 Å². The van der Waals surface area contributed by atoms with Crippen molar-refractivity contribution in [2.24, 2.45) is 0 Å². The van der Waals surface area contributed by atoms with Crippen LogP contribution in [0.3, 0.4) is 0 Å². The number of methoxy groups -OCH3 is 1. The lowest BCUT2D eigenvalue weighted by Gasteiger charge is -2.12. The van der Waals surface area contributed by atoms with Crippen LogP contribution in [0, 0.1) is 13.8 Å². The number of nitrogens with zero attached hydrogens (tertiary/aromatic N) is 2. The molecule has 0 radical (unpaired) electrons. The standard InChI is InChI=1S/C22H20N2O2S2/c1-14-15(2)28-20-19(14)21(25)24(17-7-5-4-6-8-17)22(23-20)27-13-16-9-11-18(26-3)12-10-16/h4-12H,13H2,1-3H3. The van der Waals surface area contributed by atoms with Crippen molar-refractivity contribution < 1.29 is 4.74 Å². The Labute approximate surface area is 171 Å². The zero-order chi connectivity index (χ0) is 19.7. The molecule has 0 aliphatic carbocycles. The summed E-state index contributed by atoms with van der Waals surface area (Å²) in [6.07, 6.45) is 0. The third-order valence-corrected chi connectivity index (χ3v) is 6.82. The third kappa shape index (κ3) is 3.45. The molecule has 0 atom stereocenters. The summed E-state index contributed by atoms with van der Waals surface area (Å²) in [5, 5.41) is 1.43. The molecule has 0 saturated carbocycles. The predicted molar refractivity (Wildman–Crippen MR) is 117 cm³/mol. The maximum Gasteiger partial charge on any atom is 0.267 e. The molecule has 0 bridgehead atoms. The molecule has 0 aliphatic rings. The number of fused-ring (bicyclic) bond motifs is 1. The van der Waals surface area contributed by atoms with Crippen LogP contribution in [-0.4, -0.2) is 16.7 Å². The van der Waals surface area contributed by atoms with E-state index in [1.54, 1.807) is 34.8 Å². The van der Waals surface area contributed by atoms with Crippen molar-refractivity contribution in [1.29, 1.82) is 0 Å². The van der Waals surface area contributed by atoms with E-state index < -0.39 is 0 Å². The van der Waals surface area contributed by atoms with Crippen LogP contribution in [0.15, 0.2) is 64.5 Å². The molecule has 0 unspecified atom stereocenters. The van der Waals surface area contributed by atoms with Gasteiger partial charge in [-0.25, -0.2) is 4.98 Å². The van der Waals surface area contributed by atoms with E-state index in [4.69, 9.17) is 9.72 Å². The highest BCUT2D eigenvalue weighted by Crippen LogP contribution is 2.30. The first-order valence-electron chi connectivity index (χ1n) is 8.92. The Bertz CT molecular complexity index is 1180. The van der Waals surface area contributed by atoms with E-state index in [1.807, 2.05) is 68.4 Å². The van der Waals surface area contributed by atoms with Gasteiger partial charge < -0.3 is 4.74 Å². The highest BCUT2D eigenvalue weighted by molar-refractivity contribution is 7.98. The molecular weight excluding hydrogens is 388 g/mol. The SMILES string of the molecule is COc1ccc(CSc2nc3sc(C)c(C)c3c(=O)n2-c2ccccc2)cc1. The molecule has 4 rings (SSSR count). The van der Waals surface area contributed by atoms with Crippen LogP contribution in [0.2, 0.25) is 0 Å². The molecule has 0 amide bonds. The minimum absolute atomic E-state index is 0.00437. The van der Waals surface area contributed by atoms with Gasteiger partial charge in [-0.05, 0) is 49.2 Å². The molecule has 4 nitrogen and oxygen atoms in total. The largest absolute Gasteiger partial charge is 0.497 e. The number of benzene rings is 2. The van der Waals surface area contributed by atoms with Crippen molar-refractivity contribution >= 4 is 33.3 Å². The Morgan fingerprint density at radius 3 is 2.46 bits per heavy atom. The summed E-state index contributed by atoms with van der Waals surface area (Å²) in [5.41, 5.74) is 3.00. The fourth-order valence-electron chi connectivity index (χ4n) is 3.05. The molecule has 142 valence electrons. The zero-order valence-corrected chi connectivity index (χ0v) is 17.6. The fourth-order valence-corrected chi connectivity index (χ4v) is 5.09. The first kappa shape index (κ1) is 18.8. The quantitative estimate of drug-likeness (QED) is 0.329. The Morgan fingerprint density at radius 1 is 1.07 bits per heavy atom. The van der Waals surface area contributed by atoms with Crippen molar-refractivity contribution in [1.82, 2.24) is 9.55 Å². The van der Waals surface area contributed by atoms with Gasteiger partial charge in [0.2, 0.25) is 0 Å². The summed E-state index contributed by atoms with van der Waals surface area (Å²) in [7, 11) is 1.66. The molecule has 6 heteroatoms. The normalized spacial score (nSPS) is 11.1. The Hall–Kier alpha value is -2.57. The Balaban J connectivity index is 1.80. The van der Waals surface area contributed by atoms with Crippen LogP contribution >= 0.6 is 23.1 Å². The lowest BCUT2D eigenvalue weighted by Crippen LogP contribution is -2.21. The van der Waals surface area contributed by atoms with E-state index >= 15 is 0 Å². The van der Waals surface area contributed by atoms with Crippen LogP contribution in [0.25, 0.3) is 15.9 Å². The van der Waals surface area contributed by atoms with Crippen LogP contribution in [0.5, 0.6) is 5.75 Å². The van der Waals surface area contributed by atoms with Gasteiger partial charge in [0.05, 0.1) is 18.2 Å². The van der Waals surface area contributed by atoms with Gasteiger partial charge in [0.15, 0.2) is 5.16 Å². The molecule has 2 aromatic carbocycles. The second kappa shape index (κ2) is 7.81. The highest BCUT2D eigenvalue weighted by atomic mass is 32.2. The summed E-state index contributed by atoms with van der Waals surface area (Å²) in [6.45, 7) is 4.04. The molecular formula is C22H20N2O2S2. The van der Waals surface area contributed by atoms with Crippen LogP contribution in [0.1, 0.15) is 16.0 Å². The number of hydrogen-bond acceptors (Lipinski definition) is 5. The van der Waals surface area contributed by atoms with Crippen LogP contribution < -0.4 is 10.3 Å². The second-order valence-electron chi connectivity index (χ2n) is 6.47. The van der Waals surface area contributed by atoms with Gasteiger partial charge in [0.25, 0.3) is 5.56 Å². The van der Waals surface area contributed by atoms with Gasteiger partial charge >= 0.3 is 0 Å². The number of ether oxygens (including phenoxy) is 1. The van der Waals surface area contributed by atoms with Crippen molar-refractivity contribution in [3.63, 3.8) is 0 Å². The number of hydrogen-bond donors (Lipinski definition) is 0. The van der Waals surface area contributed by atoms with E-state index in [2.05, 4.69) is 0 Å². The molecule has 0 N–H and O–H groups in total. The summed E-state index contributed by atoms with van der Waals surface area (Å²) in [4.78, 5) is 20.2. The van der Waals surface area contributed by atoms with E-state index in [0.29, 0.717) is 5.16 Å². The summed E-state index contributed by atoms with van der Waals surface area (Å²) in [5.74, 6) is 1.55. The topological polar surface area (TPSA) is 44.1 Å². The monoisotopic (exact) mass is 408 g/mol. The Morgan fingerprint density at radius 2 is 1.79 bits per heavy atom. The number of thiophene rings is 1. The number of aromatic nitrogens is 2. The first-order chi connectivity index (χ1) is 13.6. The Kier molecular flexibility index (Phi) is 5.24. The number of rotatable bonds is 5. The average molecular weight is 409 g/mol. The van der Waals surface area contributed by atoms with E-state index in [0.717, 1.165) is 43.4 Å². The van der Waals surface area contributed by atoms with Crippen LogP contribution in [0.4, 0.5) is 0 Å². The number of aryl methyl sites for hydroxylation is 2. The van der Waals surface area contributed by atoms with Gasteiger partial charge in [0.1, 0.15) is 10.6 Å². The maximum absolute atomic E-state index is 13.4. The minimum atomic E-state index is -0.00437. The lowest BCUT2D eigenvalue weighted by molar-refractivity contribution is 0.414. The van der Waals surface area contributed by atoms with Gasteiger partial charge in [-0.15, -0.1) is 11.3 Å². The zero-order valence-electron chi connectivity index (χ0n) is 15.9. The van der Waals surface area contributed by atoms with Gasteiger partial charge in [-0.1, -0.05) is 42.1 Å². The molecule has 2 aromatic heterocycles. The molecule has 0 saturated heterocycles. The first-order valence-corrected chi connectivity index (χ1v) is 10.7. The molecule has 4 aromatic rings. The smallest absolute Gasteiger partial charge is 0.267 e. The van der Waals surface area contributed by atoms with Crippen molar-refractivity contribution in [3.8, 4) is 11.4 Å². The lowest BCUT2D eigenvalue weighted by atomic mass is 10.2. The molecule has 0 spiro atoms. The second-order valence-corrected chi connectivity index (χ2v) is 8.62. The summed E-state index contributed by atoms with van der Waals surface area (Å²) < 4.78 is 6.95. The molecule has 2 heterocycles. The predicted octanol–water partition coefficient (Wildman–Crippen LogP) is 5.36. The average Bonchev–Trinajstić information content (AvgIpc) is 3.01. The van der Waals surface area contributed by atoms with Crippen molar-refractivity contribution in [2.75, 3.05) is 7.11 Å². The van der Waals surface area contributed by atoms with Crippen molar-refractivity contribution in [3.05, 3.63) is 81.0 Å². The maximum atomic E-state index is 13.4. The summed E-state index contributed by atoms with van der Waals surface area (Å²) >= 11 is 3.15. The van der Waals surface area contributed by atoms with E-state index in [-0.39, 0.29) is 5.56 Å². The van der Waals surface area contributed by atoms with Gasteiger partial charge in [0, 0.05) is 10.6 Å². The minimum Gasteiger partial charge on any atom is -0.497 e. The molecule has 0 fully saturated rings. The summed E-state index contributed by atoms with van der Waals surface area (Å²) in [6, 6.07) is 17.7. The number of para-hydroxylation sites is 1. The van der Waals surface area contributed by atoms with Gasteiger partial charge in [-0.2, -0.15) is 0 Å².